The smallest absolute Gasteiger partial charge is 0.123 e. The Kier molecular flexibility index (Phi) is 9.60. The Bertz CT molecular complexity index is 435. The molecule has 0 saturated heterocycles. The quantitative estimate of drug-likeness (QED) is 0.624. The monoisotopic (exact) mass is 329 g/mol. The normalized spacial score (nSPS) is 27.9. The number of rotatable bonds is 2. The highest BCUT2D eigenvalue weighted by molar-refractivity contribution is 5.53. The zero-order valence-corrected chi connectivity index (χ0v) is 15.2. The van der Waals surface area contributed by atoms with Gasteiger partial charge >= 0.3 is 0 Å². The van der Waals surface area contributed by atoms with E-state index in [0.29, 0.717) is 11.8 Å². The van der Waals surface area contributed by atoms with Crippen LogP contribution < -0.4 is 5.32 Å². The molecule has 2 aliphatic rings. The molecule has 1 aliphatic heterocycles. The van der Waals surface area contributed by atoms with Crippen LogP contribution in [0.25, 0.3) is 0 Å². The van der Waals surface area contributed by atoms with Crippen molar-refractivity contribution in [1.82, 2.24) is 5.32 Å². The minimum Gasteiger partial charge on any atom is -0.365 e. The Balaban J connectivity index is 1.87. The van der Waals surface area contributed by atoms with Gasteiger partial charge in [-0.05, 0) is 43.8 Å². The highest BCUT2D eigenvalue weighted by atomic mass is 16.1. The van der Waals surface area contributed by atoms with Gasteiger partial charge in [0.15, 0.2) is 0 Å². The molecule has 0 aromatic heterocycles. The molecular formula is C22H35NO. The third kappa shape index (κ3) is 7.51. The highest BCUT2D eigenvalue weighted by Gasteiger charge is 2.14. The number of carbonyl (C=O) groups is 1. The van der Waals surface area contributed by atoms with E-state index >= 15 is 0 Å². The van der Waals surface area contributed by atoms with Gasteiger partial charge in [0, 0.05) is 17.8 Å². The van der Waals surface area contributed by atoms with Gasteiger partial charge in [0.2, 0.25) is 0 Å². The van der Waals surface area contributed by atoms with Crippen molar-refractivity contribution >= 4 is 6.29 Å². The average molecular weight is 330 g/mol. The fourth-order valence-electron chi connectivity index (χ4n) is 3.94. The van der Waals surface area contributed by atoms with Crippen LogP contribution in [0.2, 0.25) is 0 Å². The van der Waals surface area contributed by atoms with Gasteiger partial charge in [0.1, 0.15) is 6.29 Å². The van der Waals surface area contributed by atoms with Crippen LogP contribution in [0, 0.1) is 11.8 Å². The summed E-state index contributed by atoms with van der Waals surface area (Å²) in [6, 6.07) is 0. The summed E-state index contributed by atoms with van der Waals surface area (Å²) < 4.78 is 0. The second-order valence-electron chi connectivity index (χ2n) is 7.44. The summed E-state index contributed by atoms with van der Waals surface area (Å²) in [7, 11) is 0. The van der Waals surface area contributed by atoms with Crippen LogP contribution >= 0.6 is 0 Å². The standard InChI is InChI=1S/C22H35NO/c24-19-20-13-7-3-1-2-4-9-15-21(16-10-5-8-14-20)22-17-11-6-12-18-23-22/h6,11-12,17-21,23H,1-5,7-10,13-16H2. The Labute approximate surface area is 148 Å². The van der Waals surface area contributed by atoms with Crippen molar-refractivity contribution in [1.29, 1.82) is 0 Å². The predicted octanol–water partition coefficient (Wildman–Crippen LogP) is 6.06. The van der Waals surface area contributed by atoms with Crippen LogP contribution in [-0.4, -0.2) is 6.29 Å². The van der Waals surface area contributed by atoms with E-state index in [1.807, 2.05) is 0 Å². The molecule has 0 aromatic carbocycles. The van der Waals surface area contributed by atoms with Gasteiger partial charge in [-0.1, -0.05) is 69.9 Å². The fourth-order valence-corrected chi connectivity index (χ4v) is 3.94. The molecule has 134 valence electrons. The summed E-state index contributed by atoms with van der Waals surface area (Å²) >= 11 is 0. The van der Waals surface area contributed by atoms with Crippen LogP contribution in [0.15, 0.2) is 36.2 Å². The van der Waals surface area contributed by atoms with E-state index in [2.05, 4.69) is 35.8 Å². The first-order valence-corrected chi connectivity index (χ1v) is 10.2. The Morgan fingerprint density at radius 3 is 2.00 bits per heavy atom. The van der Waals surface area contributed by atoms with E-state index < -0.39 is 0 Å². The van der Waals surface area contributed by atoms with E-state index in [1.54, 1.807) is 0 Å². The number of carbonyl (C=O) groups excluding carboxylic acids is 1. The Hall–Kier alpha value is -1.31. The lowest BCUT2D eigenvalue weighted by molar-refractivity contribution is -0.111. The van der Waals surface area contributed by atoms with Gasteiger partial charge in [-0.15, -0.1) is 0 Å². The lowest BCUT2D eigenvalue weighted by atomic mass is 9.90. The van der Waals surface area contributed by atoms with Gasteiger partial charge in [0.25, 0.3) is 0 Å². The number of hydrogen-bond donors (Lipinski definition) is 1. The van der Waals surface area contributed by atoms with Crippen molar-refractivity contribution in [2.24, 2.45) is 11.8 Å². The van der Waals surface area contributed by atoms with E-state index in [0.717, 1.165) is 12.8 Å². The maximum absolute atomic E-state index is 11.2. The fraction of sp³-hybridized carbons (Fsp3) is 0.682. The van der Waals surface area contributed by atoms with Crippen molar-refractivity contribution in [3.63, 3.8) is 0 Å². The van der Waals surface area contributed by atoms with Crippen LogP contribution in [0.1, 0.15) is 83.5 Å². The van der Waals surface area contributed by atoms with E-state index in [-0.39, 0.29) is 0 Å². The van der Waals surface area contributed by atoms with E-state index in [4.69, 9.17) is 0 Å². The van der Waals surface area contributed by atoms with Crippen molar-refractivity contribution < 1.29 is 4.79 Å². The SMILES string of the molecule is O=CC1CCCCCCCCC(C2=CC=CC=CN2)CCCCC1. The zero-order chi connectivity index (χ0) is 16.9. The summed E-state index contributed by atoms with van der Waals surface area (Å²) in [6.07, 6.45) is 28.3. The molecule has 0 aromatic rings. The van der Waals surface area contributed by atoms with E-state index in [9.17, 15) is 4.79 Å². The van der Waals surface area contributed by atoms with Gasteiger partial charge in [-0.25, -0.2) is 0 Å². The number of aldehydes is 1. The first-order chi connectivity index (χ1) is 11.9. The van der Waals surface area contributed by atoms with Crippen molar-refractivity contribution in [3.05, 3.63) is 36.2 Å². The van der Waals surface area contributed by atoms with Crippen molar-refractivity contribution in [2.75, 3.05) is 0 Å². The molecule has 0 radical (unpaired) electrons. The zero-order valence-electron chi connectivity index (χ0n) is 15.2. The Morgan fingerprint density at radius 1 is 0.750 bits per heavy atom. The molecule has 1 saturated carbocycles. The second kappa shape index (κ2) is 12.1. The van der Waals surface area contributed by atoms with Gasteiger partial charge in [0.05, 0.1) is 0 Å². The summed E-state index contributed by atoms with van der Waals surface area (Å²) in [5, 5.41) is 3.48. The highest BCUT2D eigenvalue weighted by Crippen LogP contribution is 2.26. The summed E-state index contributed by atoms with van der Waals surface area (Å²) in [5.41, 5.74) is 1.38. The summed E-state index contributed by atoms with van der Waals surface area (Å²) in [4.78, 5) is 11.2. The average Bonchev–Trinajstić information content (AvgIpc) is 2.89. The molecule has 1 N–H and O–H groups in total. The largest absolute Gasteiger partial charge is 0.365 e. The van der Waals surface area contributed by atoms with E-state index in [1.165, 1.54) is 82.6 Å². The lowest BCUT2D eigenvalue weighted by Gasteiger charge is -2.20. The molecular weight excluding hydrogens is 294 g/mol. The molecule has 2 unspecified atom stereocenters. The lowest BCUT2D eigenvalue weighted by Crippen LogP contribution is -2.15. The molecule has 24 heavy (non-hydrogen) atoms. The third-order valence-corrected chi connectivity index (χ3v) is 5.48. The van der Waals surface area contributed by atoms with Crippen LogP contribution in [0.4, 0.5) is 0 Å². The first-order valence-electron chi connectivity index (χ1n) is 10.2. The maximum Gasteiger partial charge on any atom is 0.123 e. The molecule has 2 nitrogen and oxygen atoms in total. The molecule has 2 rings (SSSR count). The number of allylic oxidation sites excluding steroid dienone is 5. The Morgan fingerprint density at radius 2 is 1.33 bits per heavy atom. The van der Waals surface area contributed by atoms with Crippen LogP contribution in [0.3, 0.4) is 0 Å². The van der Waals surface area contributed by atoms with Gasteiger partial charge < -0.3 is 10.1 Å². The summed E-state index contributed by atoms with van der Waals surface area (Å²) in [6.45, 7) is 0. The summed E-state index contributed by atoms with van der Waals surface area (Å²) in [5.74, 6) is 0.969. The molecule has 0 spiro atoms. The number of nitrogens with one attached hydrogen (secondary N) is 1. The van der Waals surface area contributed by atoms with Crippen molar-refractivity contribution in [3.8, 4) is 0 Å². The van der Waals surface area contributed by atoms with Crippen LogP contribution in [0.5, 0.6) is 0 Å². The molecule has 0 amide bonds. The third-order valence-electron chi connectivity index (χ3n) is 5.48. The molecule has 2 heteroatoms. The number of hydrogen-bond acceptors (Lipinski definition) is 2. The van der Waals surface area contributed by atoms with Gasteiger partial charge in [-0.3, -0.25) is 0 Å². The molecule has 2 atom stereocenters. The molecule has 1 fully saturated rings. The van der Waals surface area contributed by atoms with Crippen LogP contribution in [-0.2, 0) is 4.79 Å². The second-order valence-corrected chi connectivity index (χ2v) is 7.44. The maximum atomic E-state index is 11.2. The topological polar surface area (TPSA) is 29.1 Å². The molecule has 1 heterocycles. The first kappa shape index (κ1) is 19.0. The minimum atomic E-state index is 0.312. The van der Waals surface area contributed by atoms with Crippen molar-refractivity contribution in [2.45, 2.75) is 83.5 Å². The molecule has 0 bridgehead atoms. The van der Waals surface area contributed by atoms with Gasteiger partial charge in [-0.2, -0.15) is 0 Å². The minimum absolute atomic E-state index is 0.312. The predicted molar refractivity (Wildman–Crippen MR) is 103 cm³/mol. The molecule has 1 aliphatic carbocycles.